The van der Waals surface area contributed by atoms with Crippen molar-refractivity contribution in [3.05, 3.63) is 25.3 Å². The van der Waals surface area contributed by atoms with E-state index >= 15 is 8.78 Å². The largest absolute Gasteiger partial charge is 0.462 e. The Labute approximate surface area is 226 Å². The van der Waals surface area contributed by atoms with Crippen LogP contribution in [0.15, 0.2) is 25.3 Å². The van der Waals surface area contributed by atoms with Gasteiger partial charge in [-0.2, -0.15) is 0 Å². The summed E-state index contributed by atoms with van der Waals surface area (Å²) in [5.74, 6) is -0.761. The van der Waals surface area contributed by atoms with E-state index < -0.39 is 24.3 Å². The molecule has 0 saturated heterocycles. The Morgan fingerprint density at radius 3 is 1.32 bits per heavy atom. The SMILES string of the molecule is C=CC(=O)OCCCOC1CCC(C2CCC(C3CCC(OCCCOC(=O)C=C)CC3)C(F)C2F)CC1. The van der Waals surface area contributed by atoms with Gasteiger partial charge in [0.05, 0.1) is 38.6 Å². The molecular formula is C30H46F2O6. The molecule has 3 aliphatic rings. The first-order chi connectivity index (χ1) is 18.4. The molecule has 0 spiro atoms. The summed E-state index contributed by atoms with van der Waals surface area (Å²) in [6, 6.07) is 0. The van der Waals surface area contributed by atoms with E-state index in [1.54, 1.807) is 0 Å². The van der Waals surface area contributed by atoms with E-state index in [1.807, 2.05) is 0 Å². The van der Waals surface area contributed by atoms with Crippen LogP contribution in [0.1, 0.15) is 77.0 Å². The van der Waals surface area contributed by atoms with Crippen LogP contribution < -0.4 is 0 Å². The van der Waals surface area contributed by atoms with Gasteiger partial charge in [-0.05, 0) is 87.9 Å². The Morgan fingerprint density at radius 2 is 0.974 bits per heavy atom. The highest BCUT2D eigenvalue weighted by Crippen LogP contribution is 2.47. The van der Waals surface area contributed by atoms with Gasteiger partial charge < -0.3 is 18.9 Å². The molecular weight excluding hydrogens is 494 g/mol. The molecule has 0 heterocycles. The van der Waals surface area contributed by atoms with Crippen molar-refractivity contribution in [2.45, 2.75) is 102 Å². The maximum Gasteiger partial charge on any atom is 0.330 e. The Morgan fingerprint density at radius 1 is 0.605 bits per heavy atom. The summed E-state index contributed by atoms with van der Waals surface area (Å²) < 4.78 is 52.5. The third-order valence-electron chi connectivity index (χ3n) is 8.71. The fraction of sp³-hybridized carbons (Fsp3) is 0.800. The molecule has 0 aromatic rings. The molecule has 0 aromatic heterocycles. The highest BCUT2D eigenvalue weighted by atomic mass is 19.2. The number of halogens is 2. The number of ether oxygens (including phenoxy) is 4. The van der Waals surface area contributed by atoms with Crippen LogP contribution in [-0.2, 0) is 28.5 Å². The minimum absolute atomic E-state index is 0.150. The number of hydrogen-bond donors (Lipinski definition) is 0. The van der Waals surface area contributed by atoms with E-state index in [1.165, 1.54) is 0 Å². The summed E-state index contributed by atoms with van der Waals surface area (Å²) in [6.45, 7) is 8.42. The summed E-state index contributed by atoms with van der Waals surface area (Å²) in [5, 5.41) is 0. The maximum absolute atomic E-state index is 15.4. The number of carbonyl (C=O) groups is 2. The predicted molar refractivity (Wildman–Crippen MR) is 141 cm³/mol. The van der Waals surface area contributed by atoms with Crippen molar-refractivity contribution in [2.24, 2.45) is 23.7 Å². The van der Waals surface area contributed by atoms with Gasteiger partial charge in [0, 0.05) is 25.0 Å². The van der Waals surface area contributed by atoms with Crippen LogP contribution >= 0.6 is 0 Å². The molecule has 0 radical (unpaired) electrons. The van der Waals surface area contributed by atoms with E-state index in [0.29, 0.717) is 39.3 Å². The molecule has 0 N–H and O–H groups in total. The van der Waals surface area contributed by atoms with Crippen molar-refractivity contribution >= 4 is 11.9 Å². The van der Waals surface area contributed by atoms with Gasteiger partial charge in [0.1, 0.15) is 12.3 Å². The van der Waals surface area contributed by atoms with Crippen molar-refractivity contribution in [3.63, 3.8) is 0 Å². The first-order valence-electron chi connectivity index (χ1n) is 14.5. The fourth-order valence-electron chi connectivity index (χ4n) is 6.62. The quantitative estimate of drug-likeness (QED) is 0.151. The second-order valence-corrected chi connectivity index (χ2v) is 11.1. The molecule has 3 fully saturated rings. The minimum Gasteiger partial charge on any atom is -0.462 e. The molecule has 38 heavy (non-hydrogen) atoms. The highest BCUT2D eigenvalue weighted by Gasteiger charge is 2.46. The van der Waals surface area contributed by atoms with E-state index in [9.17, 15) is 9.59 Å². The summed E-state index contributed by atoms with van der Waals surface area (Å²) in [5.41, 5.74) is 0. The molecule has 0 aliphatic heterocycles. The van der Waals surface area contributed by atoms with Crippen LogP contribution in [0.5, 0.6) is 0 Å². The Balaban J connectivity index is 1.30. The van der Waals surface area contributed by atoms with Crippen molar-refractivity contribution in [2.75, 3.05) is 26.4 Å². The molecule has 0 amide bonds. The lowest BCUT2D eigenvalue weighted by molar-refractivity contribution is -0.139. The number of rotatable bonds is 14. The molecule has 3 saturated carbocycles. The topological polar surface area (TPSA) is 71.1 Å². The first-order valence-corrected chi connectivity index (χ1v) is 14.5. The van der Waals surface area contributed by atoms with Gasteiger partial charge >= 0.3 is 11.9 Å². The normalized spacial score (nSPS) is 33.7. The van der Waals surface area contributed by atoms with Gasteiger partial charge in [-0.15, -0.1) is 0 Å². The molecule has 0 aromatic carbocycles. The predicted octanol–water partition coefficient (Wildman–Crippen LogP) is 6.08. The van der Waals surface area contributed by atoms with Crippen LogP contribution in [0.2, 0.25) is 0 Å². The van der Waals surface area contributed by atoms with Gasteiger partial charge in [-0.25, -0.2) is 18.4 Å². The van der Waals surface area contributed by atoms with Crippen molar-refractivity contribution in [1.82, 2.24) is 0 Å². The molecule has 3 rings (SSSR count). The van der Waals surface area contributed by atoms with E-state index in [-0.39, 0.29) is 35.9 Å². The van der Waals surface area contributed by atoms with E-state index in [2.05, 4.69) is 13.2 Å². The summed E-state index contributed by atoms with van der Waals surface area (Å²) >= 11 is 0. The molecule has 4 atom stereocenters. The van der Waals surface area contributed by atoms with E-state index in [4.69, 9.17) is 18.9 Å². The van der Waals surface area contributed by atoms with Crippen molar-refractivity contribution in [1.29, 1.82) is 0 Å². The lowest BCUT2D eigenvalue weighted by Gasteiger charge is -2.44. The summed E-state index contributed by atoms with van der Waals surface area (Å²) in [4.78, 5) is 22.1. The third kappa shape index (κ3) is 9.44. The number of hydrogen-bond acceptors (Lipinski definition) is 6. The van der Waals surface area contributed by atoms with E-state index in [0.717, 1.165) is 76.4 Å². The Bertz CT molecular complexity index is 683. The van der Waals surface area contributed by atoms with Crippen LogP contribution in [0.3, 0.4) is 0 Å². The van der Waals surface area contributed by atoms with Crippen LogP contribution in [-0.4, -0.2) is 62.9 Å². The van der Waals surface area contributed by atoms with Crippen LogP contribution in [0.4, 0.5) is 8.78 Å². The second kappa shape index (κ2) is 16.3. The lowest BCUT2D eigenvalue weighted by Crippen LogP contribution is -2.45. The Kier molecular flexibility index (Phi) is 13.2. The molecule has 8 heteroatoms. The van der Waals surface area contributed by atoms with Gasteiger partial charge in [0.2, 0.25) is 0 Å². The van der Waals surface area contributed by atoms with Gasteiger partial charge in [-0.1, -0.05) is 13.2 Å². The minimum atomic E-state index is -1.37. The lowest BCUT2D eigenvalue weighted by atomic mass is 9.64. The Hall–Kier alpha value is -1.80. The van der Waals surface area contributed by atoms with Gasteiger partial charge in [-0.3, -0.25) is 0 Å². The highest BCUT2D eigenvalue weighted by molar-refractivity contribution is 5.81. The van der Waals surface area contributed by atoms with Crippen LogP contribution in [0.25, 0.3) is 0 Å². The standard InChI is InChI=1S/C30H46F2O6/c1-3-27(33)37-19-5-17-35-23-11-7-21(8-12-23)25-15-16-26(30(32)29(25)31)22-9-13-24(14-10-22)36-18-6-20-38-28(34)4-2/h3-4,21-26,29-30H,1-2,5-20H2. The molecule has 0 bridgehead atoms. The average molecular weight is 541 g/mol. The van der Waals surface area contributed by atoms with Crippen molar-refractivity contribution < 1.29 is 37.3 Å². The molecule has 4 unspecified atom stereocenters. The zero-order valence-electron chi connectivity index (χ0n) is 22.7. The first kappa shape index (κ1) is 30.7. The zero-order valence-corrected chi connectivity index (χ0v) is 22.7. The fourth-order valence-corrected chi connectivity index (χ4v) is 6.62. The zero-order chi connectivity index (χ0) is 27.3. The average Bonchev–Trinajstić information content (AvgIpc) is 2.94. The van der Waals surface area contributed by atoms with Gasteiger partial charge in [0.25, 0.3) is 0 Å². The van der Waals surface area contributed by atoms with Gasteiger partial charge in [0.15, 0.2) is 0 Å². The monoisotopic (exact) mass is 540 g/mol. The van der Waals surface area contributed by atoms with Crippen LogP contribution in [0, 0.1) is 23.7 Å². The number of alkyl halides is 2. The summed E-state index contributed by atoms with van der Waals surface area (Å²) in [7, 11) is 0. The summed E-state index contributed by atoms with van der Waals surface area (Å²) in [6.07, 6.45) is 9.71. The molecule has 6 nitrogen and oxygen atoms in total. The van der Waals surface area contributed by atoms with Crippen molar-refractivity contribution in [3.8, 4) is 0 Å². The third-order valence-corrected chi connectivity index (χ3v) is 8.71. The molecule has 216 valence electrons. The second-order valence-electron chi connectivity index (χ2n) is 11.1. The number of esters is 2. The number of carbonyl (C=O) groups excluding carboxylic acids is 2. The molecule has 3 aliphatic carbocycles. The maximum atomic E-state index is 15.4. The smallest absolute Gasteiger partial charge is 0.330 e.